The topological polar surface area (TPSA) is 112 Å². The normalized spacial score (nSPS) is 21.5. The first kappa shape index (κ1) is 34.9. The van der Waals surface area contributed by atoms with E-state index < -0.39 is 5.82 Å². The van der Waals surface area contributed by atoms with E-state index in [1.54, 1.807) is 6.07 Å². The second-order valence-electron chi connectivity index (χ2n) is 13.9. The number of ether oxygens (including phenoxy) is 1. The van der Waals surface area contributed by atoms with Gasteiger partial charge in [-0.1, -0.05) is 32.0 Å². The van der Waals surface area contributed by atoms with Crippen LogP contribution in [0.3, 0.4) is 0 Å². The van der Waals surface area contributed by atoms with Gasteiger partial charge in [-0.3, -0.25) is 9.69 Å². The molecular formula is C38H47FN6O3S. The molecule has 260 valence electrons. The quantitative estimate of drug-likeness (QED) is 0.134. The number of carbonyl (C=O) groups is 1. The van der Waals surface area contributed by atoms with E-state index in [2.05, 4.69) is 58.5 Å². The fraction of sp³-hybridized carbons (Fsp3) is 0.447. The van der Waals surface area contributed by atoms with E-state index in [0.29, 0.717) is 54.0 Å². The number of thiazole rings is 1. The van der Waals surface area contributed by atoms with Gasteiger partial charge in [0.05, 0.1) is 11.2 Å². The molecule has 2 fully saturated rings. The van der Waals surface area contributed by atoms with Crippen molar-refractivity contribution in [1.82, 2.24) is 30.8 Å². The maximum Gasteiger partial charge on any atom is 0.270 e. The van der Waals surface area contributed by atoms with Gasteiger partial charge in [-0.15, -0.1) is 11.3 Å². The van der Waals surface area contributed by atoms with Crippen molar-refractivity contribution >= 4 is 17.2 Å². The second-order valence-corrected chi connectivity index (χ2v) is 14.8. The minimum Gasteiger partial charge on any atom is -0.508 e. The highest BCUT2D eigenvalue weighted by Gasteiger charge is 2.25. The molecule has 0 radical (unpaired) electrons. The summed E-state index contributed by atoms with van der Waals surface area (Å²) >= 11 is 1.53. The lowest BCUT2D eigenvalue weighted by Crippen LogP contribution is -2.53. The third kappa shape index (κ3) is 9.21. The van der Waals surface area contributed by atoms with Gasteiger partial charge in [0.25, 0.3) is 5.91 Å². The Hall–Kier alpha value is -3.90. The second kappa shape index (κ2) is 15.8. The number of phenols is 1. The molecule has 11 heteroatoms. The van der Waals surface area contributed by atoms with Gasteiger partial charge in [0, 0.05) is 72.8 Å². The molecular weight excluding hydrogens is 640 g/mol. The minimum atomic E-state index is -0.420. The van der Waals surface area contributed by atoms with Crippen LogP contribution in [0.15, 0.2) is 60.1 Å². The van der Waals surface area contributed by atoms with E-state index in [1.165, 1.54) is 23.6 Å². The highest BCUT2D eigenvalue weighted by molar-refractivity contribution is 7.09. The number of hydrogen-bond donors (Lipinski definition) is 4. The maximum atomic E-state index is 14.4. The van der Waals surface area contributed by atoms with Gasteiger partial charge in [-0.25, -0.2) is 14.4 Å². The minimum absolute atomic E-state index is 0.107. The summed E-state index contributed by atoms with van der Waals surface area (Å²) in [5.41, 5.74) is 3.93. The Labute approximate surface area is 292 Å². The van der Waals surface area contributed by atoms with Gasteiger partial charge in [0.2, 0.25) is 5.88 Å². The van der Waals surface area contributed by atoms with Gasteiger partial charge in [-0.2, -0.15) is 0 Å². The van der Waals surface area contributed by atoms with E-state index in [4.69, 9.17) is 4.74 Å². The first-order chi connectivity index (χ1) is 23.6. The molecule has 1 saturated carbocycles. The number of benzene rings is 2. The summed E-state index contributed by atoms with van der Waals surface area (Å²) in [4.78, 5) is 23.9. The standard InChI is InChI=1S/C38H47FN6O3S/c1-23(2)38-44-34(22-49-38)36(47)43-32-11-9-31(10-12-32)40-17-28-15-30(39)18-41-37(28)48-33-7-5-6-26(16-33)27-8-13-35(46)29(14-27)21-45-19-24(3)42-25(4)20-45/h5-8,13-16,18,22-25,31-32,40,42,46H,9-12,17,19-21H2,1-4H3,(H,43,47)/t24-,25+,31?,32?. The van der Waals surface area contributed by atoms with Crippen LogP contribution in [0.4, 0.5) is 4.39 Å². The number of rotatable bonds is 11. The molecule has 1 saturated heterocycles. The van der Waals surface area contributed by atoms with Crippen molar-refractivity contribution in [2.24, 2.45) is 0 Å². The van der Waals surface area contributed by atoms with Crippen molar-refractivity contribution in [3.8, 4) is 28.5 Å². The largest absolute Gasteiger partial charge is 0.508 e. The summed E-state index contributed by atoms with van der Waals surface area (Å²) < 4.78 is 20.6. The zero-order chi connectivity index (χ0) is 34.5. The maximum absolute atomic E-state index is 14.4. The van der Waals surface area contributed by atoms with Crippen LogP contribution >= 0.6 is 11.3 Å². The van der Waals surface area contributed by atoms with Gasteiger partial charge in [-0.05, 0) is 81.0 Å². The molecule has 2 aromatic heterocycles. The van der Waals surface area contributed by atoms with Crippen LogP contribution in [0.1, 0.15) is 85.9 Å². The number of piperazine rings is 1. The average Bonchev–Trinajstić information content (AvgIpc) is 3.58. The van der Waals surface area contributed by atoms with Gasteiger partial charge in [0.1, 0.15) is 23.0 Å². The number of nitrogens with one attached hydrogen (secondary N) is 3. The van der Waals surface area contributed by atoms with Crippen molar-refractivity contribution in [3.63, 3.8) is 0 Å². The van der Waals surface area contributed by atoms with E-state index in [1.807, 2.05) is 41.8 Å². The number of hydrogen-bond acceptors (Lipinski definition) is 9. The van der Waals surface area contributed by atoms with Crippen molar-refractivity contribution in [3.05, 3.63) is 87.8 Å². The van der Waals surface area contributed by atoms with E-state index >= 15 is 0 Å². The molecule has 2 atom stereocenters. The van der Waals surface area contributed by atoms with Crippen LogP contribution in [0, 0.1) is 5.82 Å². The number of aromatic nitrogens is 2. The highest BCUT2D eigenvalue weighted by Crippen LogP contribution is 2.32. The zero-order valence-corrected chi connectivity index (χ0v) is 29.5. The van der Waals surface area contributed by atoms with E-state index in [-0.39, 0.29) is 23.7 Å². The molecule has 4 aromatic rings. The first-order valence-electron chi connectivity index (χ1n) is 17.3. The molecule has 0 bridgehead atoms. The summed E-state index contributed by atoms with van der Waals surface area (Å²) in [7, 11) is 0. The Kier molecular flexibility index (Phi) is 11.2. The Morgan fingerprint density at radius 2 is 1.78 bits per heavy atom. The van der Waals surface area contributed by atoms with Crippen LogP contribution in [0.5, 0.6) is 17.4 Å². The van der Waals surface area contributed by atoms with Crippen LogP contribution < -0.4 is 20.7 Å². The Balaban J connectivity index is 1.06. The summed E-state index contributed by atoms with van der Waals surface area (Å²) in [5.74, 6) is 1.01. The summed E-state index contributed by atoms with van der Waals surface area (Å²) in [6.45, 7) is 11.4. The summed E-state index contributed by atoms with van der Waals surface area (Å²) in [5, 5.41) is 23.7. The third-order valence-corrected chi connectivity index (χ3v) is 10.4. The first-order valence-corrected chi connectivity index (χ1v) is 18.2. The number of phenolic OH excluding ortho intramolecular Hbond substituents is 1. The SMILES string of the molecule is CC(C)c1nc(C(=O)NC2CCC(NCc3cc(F)cnc3Oc3cccc(-c4ccc(O)c(CN5C[C@@H](C)N[C@@H](C)C5)c4)c3)CC2)cs1. The van der Waals surface area contributed by atoms with E-state index in [0.717, 1.165) is 60.5 Å². The molecule has 0 unspecified atom stereocenters. The van der Waals surface area contributed by atoms with E-state index in [9.17, 15) is 14.3 Å². The fourth-order valence-corrected chi connectivity index (χ4v) is 7.67. The number of amides is 1. The van der Waals surface area contributed by atoms with Crippen molar-refractivity contribution < 1.29 is 19.0 Å². The number of carbonyl (C=O) groups excluding carboxylic acids is 1. The molecule has 49 heavy (non-hydrogen) atoms. The van der Waals surface area contributed by atoms with Gasteiger partial charge >= 0.3 is 0 Å². The lowest BCUT2D eigenvalue weighted by molar-refractivity contribution is 0.0919. The molecule has 3 heterocycles. The molecule has 2 aliphatic rings. The third-order valence-electron chi connectivity index (χ3n) is 9.27. The zero-order valence-electron chi connectivity index (χ0n) is 28.7. The molecule has 1 aliphatic heterocycles. The van der Waals surface area contributed by atoms with Gasteiger partial charge < -0.3 is 25.8 Å². The number of pyridine rings is 1. The molecule has 6 rings (SSSR count). The Morgan fingerprint density at radius 3 is 2.51 bits per heavy atom. The summed E-state index contributed by atoms with van der Waals surface area (Å²) in [6, 6.07) is 16.0. The molecule has 2 aromatic carbocycles. The predicted octanol–water partition coefficient (Wildman–Crippen LogP) is 6.98. The smallest absolute Gasteiger partial charge is 0.270 e. The van der Waals surface area contributed by atoms with Crippen LogP contribution in [-0.4, -0.2) is 63.1 Å². The van der Waals surface area contributed by atoms with Crippen LogP contribution in [0.2, 0.25) is 0 Å². The average molecular weight is 687 g/mol. The van der Waals surface area contributed by atoms with Crippen molar-refractivity contribution in [2.45, 2.75) is 96.6 Å². The van der Waals surface area contributed by atoms with Crippen molar-refractivity contribution in [2.75, 3.05) is 13.1 Å². The fourth-order valence-electron chi connectivity index (χ4n) is 6.85. The number of halogens is 1. The lowest BCUT2D eigenvalue weighted by Gasteiger charge is -2.36. The van der Waals surface area contributed by atoms with Crippen LogP contribution in [-0.2, 0) is 13.1 Å². The predicted molar refractivity (Wildman–Crippen MR) is 192 cm³/mol. The highest BCUT2D eigenvalue weighted by atomic mass is 32.1. The number of aromatic hydroxyl groups is 1. The lowest BCUT2D eigenvalue weighted by atomic mass is 9.91. The van der Waals surface area contributed by atoms with Gasteiger partial charge in [0.15, 0.2) is 0 Å². The van der Waals surface area contributed by atoms with Crippen LogP contribution in [0.25, 0.3) is 11.1 Å². The Morgan fingerprint density at radius 1 is 1.04 bits per heavy atom. The Bertz CT molecular complexity index is 1730. The number of nitrogens with zero attached hydrogens (tertiary/aromatic N) is 3. The van der Waals surface area contributed by atoms with Crippen molar-refractivity contribution in [1.29, 1.82) is 0 Å². The molecule has 0 spiro atoms. The molecule has 9 nitrogen and oxygen atoms in total. The summed E-state index contributed by atoms with van der Waals surface area (Å²) in [6.07, 6.45) is 4.67. The molecule has 1 aliphatic carbocycles. The monoisotopic (exact) mass is 686 g/mol. The molecule has 1 amide bonds. The molecule has 4 N–H and O–H groups in total.